The lowest BCUT2D eigenvalue weighted by atomic mass is 10.1. The van der Waals surface area contributed by atoms with Crippen molar-refractivity contribution in [2.45, 2.75) is 13.5 Å². The normalized spacial score (nSPS) is 10.9. The number of methoxy groups -OCH3 is 1. The van der Waals surface area contributed by atoms with Gasteiger partial charge in [-0.05, 0) is 36.8 Å². The molecule has 0 bridgehead atoms. The second-order valence-electron chi connectivity index (χ2n) is 7.17. The van der Waals surface area contributed by atoms with Gasteiger partial charge in [0, 0.05) is 51.1 Å². The molecule has 1 amide bonds. The maximum atomic E-state index is 13.2. The summed E-state index contributed by atoms with van der Waals surface area (Å²) in [7, 11) is 1.48. The maximum absolute atomic E-state index is 13.2. The summed E-state index contributed by atoms with van der Waals surface area (Å²) >= 11 is 12.4. The minimum absolute atomic E-state index is 0.336. The third-order valence-corrected chi connectivity index (χ3v) is 5.80. The van der Waals surface area contributed by atoms with Crippen LogP contribution in [0.5, 0.6) is 5.88 Å². The van der Waals surface area contributed by atoms with Crippen LogP contribution < -0.4 is 10.1 Å². The van der Waals surface area contributed by atoms with Gasteiger partial charge in [0.25, 0.3) is 11.7 Å². The van der Waals surface area contributed by atoms with Crippen molar-refractivity contribution in [2.24, 2.45) is 0 Å². The summed E-state index contributed by atoms with van der Waals surface area (Å²) in [6, 6.07) is 15.9. The van der Waals surface area contributed by atoms with Crippen LogP contribution in [-0.2, 0) is 11.3 Å². The van der Waals surface area contributed by atoms with Crippen molar-refractivity contribution < 1.29 is 14.3 Å². The van der Waals surface area contributed by atoms with Gasteiger partial charge in [-0.25, -0.2) is 4.98 Å². The third kappa shape index (κ3) is 4.20. The molecule has 1 N–H and O–H groups in total. The van der Waals surface area contributed by atoms with Crippen molar-refractivity contribution in [1.82, 2.24) is 9.55 Å². The molecule has 32 heavy (non-hydrogen) atoms. The van der Waals surface area contributed by atoms with E-state index in [2.05, 4.69) is 10.3 Å². The van der Waals surface area contributed by atoms with Gasteiger partial charge in [-0.15, -0.1) is 0 Å². The molecule has 2 aromatic carbocycles. The first-order valence-corrected chi connectivity index (χ1v) is 10.5. The lowest BCUT2D eigenvalue weighted by Gasteiger charge is -2.11. The number of amides is 1. The van der Waals surface area contributed by atoms with Gasteiger partial charge in [0.05, 0.1) is 12.7 Å². The highest BCUT2D eigenvalue weighted by molar-refractivity contribution is 6.48. The number of Topliss-reactive ketones (excluding diaryl/α,β-unsaturated/α-hetero) is 1. The summed E-state index contributed by atoms with van der Waals surface area (Å²) in [5, 5.41) is 4.41. The van der Waals surface area contributed by atoms with Crippen LogP contribution in [0.3, 0.4) is 0 Å². The molecule has 0 spiro atoms. The van der Waals surface area contributed by atoms with Crippen molar-refractivity contribution in [3.8, 4) is 5.88 Å². The van der Waals surface area contributed by atoms with Gasteiger partial charge >= 0.3 is 0 Å². The number of ketones is 1. The Hall–Kier alpha value is -3.35. The number of rotatable bonds is 6. The summed E-state index contributed by atoms with van der Waals surface area (Å²) in [6.45, 7) is 2.25. The molecule has 0 radical (unpaired) electrons. The zero-order valence-corrected chi connectivity index (χ0v) is 18.9. The number of para-hydroxylation sites is 1. The SMILES string of the molecule is COc1cc(NC(=O)C(=O)c2c(C)n(Cc3ccc(Cl)cc3Cl)c3ccccc23)ccn1. The van der Waals surface area contributed by atoms with Crippen LogP contribution in [0.4, 0.5) is 5.69 Å². The molecule has 0 saturated carbocycles. The summed E-state index contributed by atoms with van der Waals surface area (Å²) in [5.74, 6) is -1.04. The van der Waals surface area contributed by atoms with Crippen LogP contribution in [0.15, 0.2) is 60.8 Å². The van der Waals surface area contributed by atoms with E-state index >= 15 is 0 Å². The van der Waals surface area contributed by atoms with Gasteiger partial charge in [0.2, 0.25) is 5.88 Å². The van der Waals surface area contributed by atoms with Crippen molar-refractivity contribution in [3.05, 3.63) is 87.7 Å². The molecular formula is C24H19Cl2N3O3. The van der Waals surface area contributed by atoms with E-state index in [9.17, 15) is 9.59 Å². The molecule has 0 aliphatic carbocycles. The van der Waals surface area contributed by atoms with Crippen molar-refractivity contribution in [2.75, 3.05) is 12.4 Å². The summed E-state index contributed by atoms with van der Waals surface area (Å²) in [6.07, 6.45) is 1.49. The van der Waals surface area contributed by atoms with Crippen molar-refractivity contribution >= 4 is 51.5 Å². The first kappa shape index (κ1) is 21.9. The number of nitrogens with one attached hydrogen (secondary N) is 1. The molecule has 0 unspecified atom stereocenters. The van der Waals surface area contributed by atoms with Crippen LogP contribution in [0, 0.1) is 6.92 Å². The highest BCUT2D eigenvalue weighted by atomic mass is 35.5. The lowest BCUT2D eigenvalue weighted by molar-refractivity contribution is -0.112. The van der Waals surface area contributed by atoms with E-state index < -0.39 is 11.7 Å². The molecule has 162 valence electrons. The smallest absolute Gasteiger partial charge is 0.296 e. The largest absolute Gasteiger partial charge is 0.481 e. The highest BCUT2D eigenvalue weighted by Gasteiger charge is 2.25. The fraction of sp³-hybridized carbons (Fsp3) is 0.125. The predicted octanol–water partition coefficient (Wildman–Crippen LogP) is 5.53. The molecule has 2 heterocycles. The molecule has 4 rings (SSSR count). The highest BCUT2D eigenvalue weighted by Crippen LogP contribution is 2.30. The van der Waals surface area contributed by atoms with Gasteiger partial charge in [0.1, 0.15) is 0 Å². The molecular weight excluding hydrogens is 449 g/mol. The molecule has 0 saturated heterocycles. The van der Waals surface area contributed by atoms with Crippen LogP contribution in [0.25, 0.3) is 10.9 Å². The second-order valence-corrected chi connectivity index (χ2v) is 8.01. The van der Waals surface area contributed by atoms with E-state index in [4.69, 9.17) is 27.9 Å². The van der Waals surface area contributed by atoms with E-state index in [1.165, 1.54) is 13.3 Å². The average Bonchev–Trinajstić information content (AvgIpc) is 3.06. The molecule has 8 heteroatoms. The van der Waals surface area contributed by atoms with Gasteiger partial charge in [-0.2, -0.15) is 0 Å². The van der Waals surface area contributed by atoms with Gasteiger partial charge in [0.15, 0.2) is 0 Å². The Balaban J connectivity index is 1.71. The first-order valence-electron chi connectivity index (χ1n) is 9.76. The number of anilines is 1. The van der Waals surface area contributed by atoms with E-state index in [1.54, 1.807) is 24.3 Å². The number of benzene rings is 2. The van der Waals surface area contributed by atoms with Gasteiger partial charge < -0.3 is 14.6 Å². The monoisotopic (exact) mass is 467 g/mol. The standard InChI is InChI=1S/C24H19Cl2N3O3/c1-14-22(23(30)24(31)28-17-9-10-27-21(12-17)32-2)18-5-3-4-6-20(18)29(14)13-15-7-8-16(25)11-19(15)26/h3-12H,13H2,1-2H3,(H,27,28,31). The number of fused-ring (bicyclic) bond motifs is 1. The van der Waals surface area contributed by atoms with E-state index in [-0.39, 0.29) is 0 Å². The number of pyridine rings is 1. The predicted molar refractivity (Wildman–Crippen MR) is 126 cm³/mol. The number of carbonyl (C=O) groups excluding carboxylic acids is 2. The summed E-state index contributed by atoms with van der Waals surface area (Å²) < 4.78 is 7.04. The summed E-state index contributed by atoms with van der Waals surface area (Å²) in [5.41, 5.74) is 3.13. The number of halogens is 2. The fourth-order valence-electron chi connectivity index (χ4n) is 3.64. The second kappa shape index (κ2) is 9.02. The molecule has 0 aliphatic heterocycles. The maximum Gasteiger partial charge on any atom is 0.296 e. The molecule has 0 atom stereocenters. The van der Waals surface area contributed by atoms with Crippen molar-refractivity contribution in [1.29, 1.82) is 0 Å². The minimum Gasteiger partial charge on any atom is -0.481 e. The van der Waals surface area contributed by atoms with Crippen LogP contribution in [0.2, 0.25) is 10.0 Å². The van der Waals surface area contributed by atoms with Crippen LogP contribution in [-0.4, -0.2) is 28.4 Å². The van der Waals surface area contributed by atoms with Gasteiger partial charge in [-0.3, -0.25) is 9.59 Å². The molecule has 4 aromatic rings. The van der Waals surface area contributed by atoms with Crippen LogP contribution in [0.1, 0.15) is 21.6 Å². The topological polar surface area (TPSA) is 73.2 Å². The first-order chi connectivity index (χ1) is 15.4. The van der Waals surface area contributed by atoms with E-state index in [0.717, 1.165) is 11.1 Å². The molecule has 6 nitrogen and oxygen atoms in total. The van der Waals surface area contributed by atoms with Gasteiger partial charge in [-0.1, -0.05) is 47.5 Å². The Morgan fingerprint density at radius 2 is 1.88 bits per heavy atom. The fourth-order valence-corrected chi connectivity index (χ4v) is 4.11. The molecule has 0 fully saturated rings. The number of hydrogen-bond donors (Lipinski definition) is 1. The zero-order valence-electron chi connectivity index (χ0n) is 17.4. The minimum atomic E-state index is -0.742. The average molecular weight is 468 g/mol. The summed E-state index contributed by atoms with van der Waals surface area (Å²) in [4.78, 5) is 30.0. The van der Waals surface area contributed by atoms with E-state index in [1.807, 2.05) is 41.8 Å². The number of carbonyl (C=O) groups is 2. The number of aromatic nitrogens is 2. The molecule has 0 aliphatic rings. The number of ether oxygens (including phenoxy) is 1. The quantitative estimate of drug-likeness (QED) is 0.298. The number of nitrogens with zero attached hydrogens (tertiary/aromatic N) is 2. The lowest BCUT2D eigenvalue weighted by Crippen LogP contribution is -2.23. The Morgan fingerprint density at radius 3 is 2.62 bits per heavy atom. The third-order valence-electron chi connectivity index (χ3n) is 5.21. The Kier molecular flexibility index (Phi) is 6.17. The van der Waals surface area contributed by atoms with E-state index in [0.29, 0.717) is 44.8 Å². The van der Waals surface area contributed by atoms with Crippen molar-refractivity contribution in [3.63, 3.8) is 0 Å². The number of hydrogen-bond acceptors (Lipinski definition) is 4. The Bertz CT molecular complexity index is 1350. The Labute approximate surface area is 194 Å². The zero-order chi connectivity index (χ0) is 22.8. The Morgan fingerprint density at radius 1 is 1.09 bits per heavy atom. The molecule has 2 aromatic heterocycles. The van der Waals surface area contributed by atoms with Crippen LogP contribution >= 0.6 is 23.2 Å².